The molecule has 4 aromatic rings. The average molecular weight is 604 g/mol. The van der Waals surface area contributed by atoms with Crippen LogP contribution in [0.4, 0.5) is 10.1 Å². The number of aryl methyl sites for hydroxylation is 3. The van der Waals surface area contributed by atoms with Gasteiger partial charge in [-0.25, -0.2) is 4.39 Å². The van der Waals surface area contributed by atoms with E-state index in [9.17, 15) is 23.6 Å². The number of nitrogens with two attached hydrogens (primary N) is 1. The first-order chi connectivity index (χ1) is 20.0. The summed E-state index contributed by atoms with van der Waals surface area (Å²) in [5.41, 5.74) is 8.69. The summed E-state index contributed by atoms with van der Waals surface area (Å²) in [6.07, 6.45) is 0. The van der Waals surface area contributed by atoms with Gasteiger partial charge in [-0.1, -0.05) is 18.2 Å². The molecule has 10 heteroatoms. The number of Topliss-reactive ketones (excluding diaryl/α,β-unsaturated/α-hetero) is 1. The summed E-state index contributed by atoms with van der Waals surface area (Å²) >= 11 is 2.90. The number of amides is 3. The number of rotatable bonds is 7. The standard InChI is InChI=1S/C32H30FN3O4S2/c1-16-12-13-41-30(16)27-26(29(38)24-14-17(2)42-18(24)3)25(20-8-10-23(11-9-20)35-19(4)37)28(31(34)39)36(27)32(40)21-6-5-7-22(33)15-21/h5-15,25-28H,1-4H3,(H2,34,39)(H,35,37). The molecular weight excluding hydrogens is 574 g/mol. The predicted octanol–water partition coefficient (Wildman–Crippen LogP) is 6.17. The minimum absolute atomic E-state index is 0.0517. The van der Waals surface area contributed by atoms with E-state index >= 15 is 0 Å². The van der Waals surface area contributed by atoms with Gasteiger partial charge in [-0.3, -0.25) is 19.2 Å². The van der Waals surface area contributed by atoms with Crippen LogP contribution in [0.3, 0.4) is 0 Å². The number of carbonyl (C=O) groups is 4. The van der Waals surface area contributed by atoms with Crippen LogP contribution in [-0.4, -0.2) is 34.4 Å². The van der Waals surface area contributed by atoms with Crippen LogP contribution in [0.15, 0.2) is 66.0 Å². The smallest absolute Gasteiger partial charge is 0.255 e. The normalized spacial score (nSPS) is 20.0. The molecule has 3 heterocycles. The van der Waals surface area contributed by atoms with Crippen LogP contribution < -0.4 is 11.1 Å². The predicted molar refractivity (Wildman–Crippen MR) is 162 cm³/mol. The zero-order valence-corrected chi connectivity index (χ0v) is 25.1. The number of benzene rings is 2. The van der Waals surface area contributed by atoms with Gasteiger partial charge in [0.25, 0.3) is 5.91 Å². The highest BCUT2D eigenvalue weighted by Gasteiger charge is 2.57. The summed E-state index contributed by atoms with van der Waals surface area (Å²) in [5, 5.41) is 4.61. The molecule has 3 N–H and O–H groups in total. The van der Waals surface area contributed by atoms with Crippen LogP contribution in [0.5, 0.6) is 0 Å². The molecule has 2 aromatic carbocycles. The lowest BCUT2D eigenvalue weighted by Gasteiger charge is -2.30. The van der Waals surface area contributed by atoms with Crippen molar-refractivity contribution in [3.8, 4) is 0 Å². The maximum Gasteiger partial charge on any atom is 0.255 e. The van der Waals surface area contributed by atoms with Crippen LogP contribution in [0, 0.1) is 32.5 Å². The molecule has 1 fully saturated rings. The fraction of sp³-hybridized carbons (Fsp3) is 0.250. The Morgan fingerprint density at radius 2 is 1.69 bits per heavy atom. The lowest BCUT2D eigenvalue weighted by Crippen LogP contribution is -2.46. The molecule has 2 aromatic heterocycles. The molecule has 1 aliphatic heterocycles. The van der Waals surface area contributed by atoms with E-state index in [-0.39, 0.29) is 17.3 Å². The highest BCUT2D eigenvalue weighted by atomic mass is 32.1. The molecule has 1 saturated heterocycles. The Morgan fingerprint density at radius 1 is 0.976 bits per heavy atom. The Kier molecular flexibility index (Phi) is 8.12. The second-order valence-electron chi connectivity index (χ2n) is 10.5. The van der Waals surface area contributed by atoms with E-state index in [0.29, 0.717) is 16.8 Å². The molecule has 4 unspecified atom stereocenters. The van der Waals surface area contributed by atoms with E-state index in [0.717, 1.165) is 26.3 Å². The van der Waals surface area contributed by atoms with Gasteiger partial charge in [0.1, 0.15) is 11.9 Å². The second-order valence-corrected chi connectivity index (χ2v) is 12.9. The van der Waals surface area contributed by atoms with Crippen molar-refractivity contribution in [2.75, 3.05) is 5.32 Å². The average Bonchev–Trinajstić information content (AvgIpc) is 3.61. The van der Waals surface area contributed by atoms with Crippen molar-refractivity contribution >= 4 is 51.9 Å². The Balaban J connectivity index is 1.76. The molecule has 3 amide bonds. The SMILES string of the molecule is CC(=O)Nc1ccc(C2C(C(=O)c3cc(C)sc3C)C(c3sccc3C)N(C(=O)c3cccc(F)c3)C2C(N)=O)cc1. The van der Waals surface area contributed by atoms with E-state index in [1.807, 2.05) is 38.3 Å². The number of ketones is 1. The molecule has 7 nitrogen and oxygen atoms in total. The Morgan fingerprint density at radius 3 is 2.24 bits per heavy atom. The molecule has 0 saturated carbocycles. The molecule has 42 heavy (non-hydrogen) atoms. The third-order valence-corrected chi connectivity index (χ3v) is 9.72. The van der Waals surface area contributed by atoms with Crippen molar-refractivity contribution in [3.05, 3.63) is 109 Å². The van der Waals surface area contributed by atoms with Gasteiger partial charge in [-0.2, -0.15) is 0 Å². The van der Waals surface area contributed by atoms with Crippen molar-refractivity contribution in [3.63, 3.8) is 0 Å². The molecule has 1 aliphatic rings. The van der Waals surface area contributed by atoms with Crippen molar-refractivity contribution in [1.29, 1.82) is 0 Å². The number of nitrogens with one attached hydrogen (secondary N) is 1. The largest absolute Gasteiger partial charge is 0.368 e. The molecule has 0 aliphatic carbocycles. The van der Waals surface area contributed by atoms with Gasteiger partial charge in [-0.05, 0) is 79.7 Å². The van der Waals surface area contributed by atoms with Gasteiger partial charge in [0.05, 0.1) is 12.0 Å². The quantitative estimate of drug-likeness (QED) is 0.246. The van der Waals surface area contributed by atoms with Crippen molar-refractivity contribution in [2.24, 2.45) is 11.7 Å². The van der Waals surface area contributed by atoms with E-state index in [4.69, 9.17) is 5.73 Å². The van der Waals surface area contributed by atoms with Crippen LogP contribution >= 0.6 is 22.7 Å². The fourth-order valence-electron chi connectivity index (χ4n) is 5.97. The van der Waals surface area contributed by atoms with E-state index in [2.05, 4.69) is 5.32 Å². The summed E-state index contributed by atoms with van der Waals surface area (Å²) in [5.74, 6) is -4.10. The number of carbonyl (C=O) groups excluding carboxylic acids is 4. The molecule has 5 rings (SSSR count). The number of likely N-dealkylation sites (tertiary alicyclic amines) is 1. The fourth-order valence-corrected chi connectivity index (χ4v) is 7.97. The van der Waals surface area contributed by atoms with Gasteiger partial charge in [-0.15, -0.1) is 22.7 Å². The van der Waals surface area contributed by atoms with Crippen LogP contribution in [0.25, 0.3) is 0 Å². The molecule has 0 bridgehead atoms. The number of primary amides is 1. The Bertz CT molecular complexity index is 1690. The minimum atomic E-state index is -1.21. The highest BCUT2D eigenvalue weighted by Crippen LogP contribution is 2.53. The lowest BCUT2D eigenvalue weighted by molar-refractivity contribution is -0.122. The number of hydrogen-bond donors (Lipinski definition) is 2. The van der Waals surface area contributed by atoms with Crippen molar-refractivity contribution in [2.45, 2.75) is 45.7 Å². The number of halogens is 1. The van der Waals surface area contributed by atoms with Gasteiger partial charge < -0.3 is 16.0 Å². The first-order valence-electron chi connectivity index (χ1n) is 13.4. The molecular formula is C32H30FN3O4S2. The van der Waals surface area contributed by atoms with Crippen LogP contribution in [0.2, 0.25) is 0 Å². The molecule has 216 valence electrons. The Hall–Kier alpha value is -4.15. The van der Waals surface area contributed by atoms with E-state index in [1.165, 1.54) is 52.7 Å². The van der Waals surface area contributed by atoms with Gasteiger partial charge in [0, 0.05) is 44.3 Å². The third kappa shape index (κ3) is 5.39. The zero-order valence-electron chi connectivity index (χ0n) is 23.5. The third-order valence-electron chi connectivity index (χ3n) is 7.66. The summed E-state index contributed by atoms with van der Waals surface area (Å²) in [6, 6.07) is 13.8. The summed E-state index contributed by atoms with van der Waals surface area (Å²) < 4.78 is 14.3. The second kappa shape index (κ2) is 11.6. The van der Waals surface area contributed by atoms with Crippen LogP contribution in [0.1, 0.15) is 65.4 Å². The molecule has 4 atom stereocenters. The monoisotopic (exact) mass is 603 g/mol. The maximum absolute atomic E-state index is 14.6. The highest BCUT2D eigenvalue weighted by molar-refractivity contribution is 7.12. The first kappa shape index (κ1) is 29.3. The number of anilines is 1. The summed E-state index contributed by atoms with van der Waals surface area (Å²) in [4.78, 5) is 57.8. The number of nitrogens with zero attached hydrogens (tertiary/aromatic N) is 1. The molecule has 0 spiro atoms. The number of thiophene rings is 2. The summed E-state index contributed by atoms with van der Waals surface area (Å²) in [6.45, 7) is 7.10. The van der Waals surface area contributed by atoms with Gasteiger partial charge >= 0.3 is 0 Å². The minimum Gasteiger partial charge on any atom is -0.368 e. The van der Waals surface area contributed by atoms with Gasteiger partial charge in [0.15, 0.2) is 5.78 Å². The lowest BCUT2D eigenvalue weighted by atomic mass is 9.76. The number of hydrogen-bond acceptors (Lipinski definition) is 6. The summed E-state index contributed by atoms with van der Waals surface area (Å²) in [7, 11) is 0. The van der Waals surface area contributed by atoms with E-state index < -0.39 is 41.6 Å². The molecule has 0 radical (unpaired) electrons. The van der Waals surface area contributed by atoms with Crippen molar-refractivity contribution < 1.29 is 23.6 Å². The topological polar surface area (TPSA) is 110 Å². The Labute approximate surface area is 251 Å². The zero-order chi connectivity index (χ0) is 30.3. The van der Waals surface area contributed by atoms with E-state index in [1.54, 1.807) is 24.3 Å². The van der Waals surface area contributed by atoms with Gasteiger partial charge in [0.2, 0.25) is 11.8 Å². The van der Waals surface area contributed by atoms with Crippen LogP contribution in [-0.2, 0) is 9.59 Å². The van der Waals surface area contributed by atoms with Crippen molar-refractivity contribution in [1.82, 2.24) is 4.90 Å². The first-order valence-corrected chi connectivity index (χ1v) is 15.1. The maximum atomic E-state index is 14.6.